The maximum Gasteiger partial charge on any atom is 0.222 e. The molecule has 1 amide bonds. The largest absolute Gasteiger partial charge is 0.349 e. The Hall–Kier alpha value is -2.24. The standard InChI is InChI=1S/C16H23N5O/c1-16(2,3)9-14(13-5-4-7-17-10-13)20-15(22)6-8-21-11-18-19-12-21/h4-5,7,10-12,14H,6,8-9H2,1-3H3,(H,20,22)/t14-/m0/s1. The van der Waals surface area contributed by atoms with Crippen molar-refractivity contribution in [2.24, 2.45) is 5.41 Å². The molecule has 2 heterocycles. The molecule has 0 aliphatic rings. The minimum absolute atomic E-state index is 0.0202. The molecule has 0 bridgehead atoms. The van der Waals surface area contributed by atoms with Crippen molar-refractivity contribution in [1.82, 2.24) is 25.1 Å². The summed E-state index contributed by atoms with van der Waals surface area (Å²) in [5.74, 6) is 0.0202. The molecule has 2 rings (SSSR count). The van der Waals surface area contributed by atoms with E-state index in [0.717, 1.165) is 12.0 Å². The molecular formula is C16H23N5O. The molecule has 2 aromatic heterocycles. The van der Waals surface area contributed by atoms with E-state index in [1.54, 1.807) is 23.4 Å². The van der Waals surface area contributed by atoms with Crippen molar-refractivity contribution in [2.75, 3.05) is 0 Å². The number of rotatable bonds is 6. The molecule has 0 radical (unpaired) electrons. The number of carbonyl (C=O) groups excluding carboxylic acids is 1. The molecule has 0 aliphatic heterocycles. The van der Waals surface area contributed by atoms with Gasteiger partial charge in [0.15, 0.2) is 0 Å². The number of pyridine rings is 1. The normalized spacial score (nSPS) is 12.9. The first-order valence-electron chi connectivity index (χ1n) is 7.46. The fourth-order valence-corrected chi connectivity index (χ4v) is 2.28. The van der Waals surface area contributed by atoms with Crippen molar-refractivity contribution < 1.29 is 4.79 Å². The first-order chi connectivity index (χ1) is 10.4. The van der Waals surface area contributed by atoms with Crippen LogP contribution in [0.1, 0.15) is 45.2 Å². The van der Waals surface area contributed by atoms with E-state index in [0.29, 0.717) is 13.0 Å². The van der Waals surface area contributed by atoms with Gasteiger partial charge in [-0.15, -0.1) is 10.2 Å². The maximum absolute atomic E-state index is 12.2. The summed E-state index contributed by atoms with van der Waals surface area (Å²) in [4.78, 5) is 16.4. The molecule has 0 unspecified atom stereocenters. The van der Waals surface area contributed by atoms with Crippen LogP contribution in [0.4, 0.5) is 0 Å². The summed E-state index contributed by atoms with van der Waals surface area (Å²) in [5.41, 5.74) is 1.15. The number of hydrogen-bond donors (Lipinski definition) is 1. The third kappa shape index (κ3) is 5.27. The Morgan fingerprint density at radius 1 is 1.32 bits per heavy atom. The number of nitrogens with one attached hydrogen (secondary N) is 1. The molecule has 6 heteroatoms. The van der Waals surface area contributed by atoms with Gasteiger partial charge in [-0.1, -0.05) is 26.8 Å². The number of aromatic nitrogens is 4. The molecule has 0 aliphatic carbocycles. The number of carbonyl (C=O) groups is 1. The zero-order valence-corrected chi connectivity index (χ0v) is 13.4. The van der Waals surface area contributed by atoms with Crippen molar-refractivity contribution in [3.05, 3.63) is 42.7 Å². The quantitative estimate of drug-likeness (QED) is 0.889. The van der Waals surface area contributed by atoms with Crippen molar-refractivity contribution >= 4 is 5.91 Å². The highest BCUT2D eigenvalue weighted by atomic mass is 16.1. The molecule has 22 heavy (non-hydrogen) atoms. The fraction of sp³-hybridized carbons (Fsp3) is 0.500. The summed E-state index contributed by atoms with van der Waals surface area (Å²) in [6.07, 6.45) is 8.04. The highest BCUT2D eigenvalue weighted by molar-refractivity contribution is 5.76. The number of amides is 1. The maximum atomic E-state index is 12.2. The molecule has 2 aromatic rings. The zero-order valence-electron chi connectivity index (χ0n) is 13.4. The van der Waals surface area contributed by atoms with Crippen molar-refractivity contribution in [1.29, 1.82) is 0 Å². The molecule has 0 saturated heterocycles. The van der Waals surface area contributed by atoms with E-state index in [2.05, 4.69) is 41.3 Å². The lowest BCUT2D eigenvalue weighted by atomic mass is 9.86. The predicted molar refractivity (Wildman–Crippen MR) is 83.8 cm³/mol. The van der Waals surface area contributed by atoms with Gasteiger partial charge < -0.3 is 9.88 Å². The molecule has 118 valence electrons. The van der Waals surface area contributed by atoms with Gasteiger partial charge in [-0.2, -0.15) is 0 Å². The Bertz CT molecular complexity index is 574. The SMILES string of the molecule is CC(C)(C)C[C@H](NC(=O)CCn1cnnc1)c1cccnc1. The van der Waals surface area contributed by atoms with Gasteiger partial charge in [-0.25, -0.2) is 0 Å². The van der Waals surface area contributed by atoms with Crippen molar-refractivity contribution in [2.45, 2.75) is 46.2 Å². The Morgan fingerprint density at radius 3 is 2.64 bits per heavy atom. The fourth-order valence-electron chi connectivity index (χ4n) is 2.28. The number of nitrogens with zero attached hydrogens (tertiary/aromatic N) is 4. The van der Waals surface area contributed by atoms with Crippen molar-refractivity contribution in [3.63, 3.8) is 0 Å². The molecule has 0 fully saturated rings. The molecular weight excluding hydrogens is 278 g/mol. The lowest BCUT2D eigenvalue weighted by molar-refractivity contribution is -0.122. The smallest absolute Gasteiger partial charge is 0.222 e. The van der Waals surface area contributed by atoms with E-state index in [4.69, 9.17) is 0 Å². The monoisotopic (exact) mass is 301 g/mol. The van der Waals surface area contributed by atoms with Crippen LogP contribution in [0.15, 0.2) is 37.2 Å². The van der Waals surface area contributed by atoms with Crippen LogP contribution in [0.5, 0.6) is 0 Å². The van der Waals surface area contributed by atoms with Crippen LogP contribution in [0.25, 0.3) is 0 Å². The second kappa shape index (κ2) is 7.15. The summed E-state index contributed by atoms with van der Waals surface area (Å²) in [6, 6.07) is 3.87. The average Bonchev–Trinajstić information content (AvgIpc) is 2.97. The zero-order chi connectivity index (χ0) is 16.0. The van der Waals surface area contributed by atoms with Crippen LogP contribution < -0.4 is 5.32 Å². The summed E-state index contributed by atoms with van der Waals surface area (Å²) >= 11 is 0. The lowest BCUT2D eigenvalue weighted by Crippen LogP contribution is -2.31. The van der Waals surface area contributed by atoms with Gasteiger partial charge in [-0.3, -0.25) is 9.78 Å². The molecule has 1 N–H and O–H groups in total. The van der Waals surface area contributed by atoms with Gasteiger partial charge in [0.1, 0.15) is 12.7 Å². The second-order valence-corrected chi connectivity index (χ2v) is 6.62. The summed E-state index contributed by atoms with van der Waals surface area (Å²) in [5, 5.41) is 10.6. The van der Waals surface area contributed by atoms with E-state index in [9.17, 15) is 4.79 Å². The van der Waals surface area contributed by atoms with Crippen molar-refractivity contribution in [3.8, 4) is 0 Å². The highest BCUT2D eigenvalue weighted by Gasteiger charge is 2.22. The number of hydrogen-bond acceptors (Lipinski definition) is 4. The van der Waals surface area contributed by atoms with Crippen LogP contribution in [0.3, 0.4) is 0 Å². The molecule has 0 aromatic carbocycles. The van der Waals surface area contributed by atoms with Crippen LogP contribution in [-0.2, 0) is 11.3 Å². The van der Waals surface area contributed by atoms with Crippen LogP contribution >= 0.6 is 0 Å². The van der Waals surface area contributed by atoms with Gasteiger partial charge in [0.25, 0.3) is 0 Å². The second-order valence-electron chi connectivity index (χ2n) is 6.62. The summed E-state index contributed by atoms with van der Waals surface area (Å²) in [7, 11) is 0. The molecule has 6 nitrogen and oxygen atoms in total. The van der Waals surface area contributed by atoms with Gasteiger partial charge in [0, 0.05) is 25.4 Å². The molecule has 0 spiro atoms. The first-order valence-corrected chi connectivity index (χ1v) is 7.46. The predicted octanol–water partition coefficient (Wildman–Crippen LogP) is 2.36. The van der Waals surface area contributed by atoms with E-state index in [1.807, 2.05) is 18.3 Å². The third-order valence-electron chi connectivity index (χ3n) is 3.30. The topological polar surface area (TPSA) is 72.7 Å². The lowest BCUT2D eigenvalue weighted by Gasteiger charge is -2.27. The van der Waals surface area contributed by atoms with Crippen LogP contribution in [0, 0.1) is 5.41 Å². The van der Waals surface area contributed by atoms with E-state index in [1.165, 1.54) is 0 Å². The van der Waals surface area contributed by atoms with E-state index in [-0.39, 0.29) is 17.4 Å². The Kier molecular flexibility index (Phi) is 5.25. The average molecular weight is 301 g/mol. The Morgan fingerprint density at radius 2 is 2.05 bits per heavy atom. The molecule has 1 atom stereocenters. The summed E-state index contributed by atoms with van der Waals surface area (Å²) < 4.78 is 1.79. The van der Waals surface area contributed by atoms with Gasteiger partial charge in [0.2, 0.25) is 5.91 Å². The minimum Gasteiger partial charge on any atom is -0.349 e. The van der Waals surface area contributed by atoms with Gasteiger partial charge >= 0.3 is 0 Å². The number of aryl methyl sites for hydroxylation is 1. The highest BCUT2D eigenvalue weighted by Crippen LogP contribution is 2.29. The summed E-state index contributed by atoms with van der Waals surface area (Å²) in [6.45, 7) is 7.08. The first kappa shape index (κ1) is 16.1. The van der Waals surface area contributed by atoms with Gasteiger partial charge in [0.05, 0.1) is 6.04 Å². The Balaban J connectivity index is 1.98. The van der Waals surface area contributed by atoms with Crippen LogP contribution in [-0.4, -0.2) is 25.7 Å². The van der Waals surface area contributed by atoms with Gasteiger partial charge in [-0.05, 0) is 23.5 Å². The minimum atomic E-state index is -0.0258. The van der Waals surface area contributed by atoms with E-state index >= 15 is 0 Å². The molecule has 0 saturated carbocycles. The third-order valence-corrected chi connectivity index (χ3v) is 3.30. The van der Waals surface area contributed by atoms with E-state index < -0.39 is 0 Å². The van der Waals surface area contributed by atoms with Crippen LogP contribution in [0.2, 0.25) is 0 Å². The Labute approximate surface area is 131 Å².